The predicted molar refractivity (Wildman–Crippen MR) is 106 cm³/mol. The first-order valence-corrected chi connectivity index (χ1v) is 12.1. The summed E-state index contributed by atoms with van der Waals surface area (Å²) in [6, 6.07) is 9.22. The standard InChI is InChI=1S/C18H24N2O6S2/c1-3-25-18-15(6-5-11-19-18)14-20-28(23,24)17-9-7-16(8-10-17)26-12-13-27(21,22)4-2/h5-11,20H,3-4,12-14H2,1-2H3. The topological polar surface area (TPSA) is 112 Å². The van der Waals surface area contributed by atoms with Gasteiger partial charge in [-0.05, 0) is 37.3 Å². The summed E-state index contributed by atoms with van der Waals surface area (Å²) in [6.07, 6.45) is 1.58. The second-order valence-corrected chi connectivity index (χ2v) is 10.0. The van der Waals surface area contributed by atoms with Crippen molar-refractivity contribution in [1.82, 2.24) is 9.71 Å². The molecule has 0 aliphatic rings. The van der Waals surface area contributed by atoms with Crippen LogP contribution < -0.4 is 14.2 Å². The van der Waals surface area contributed by atoms with Gasteiger partial charge in [-0.3, -0.25) is 0 Å². The Morgan fingerprint density at radius 1 is 1.00 bits per heavy atom. The number of nitrogens with one attached hydrogen (secondary N) is 1. The van der Waals surface area contributed by atoms with Crippen molar-refractivity contribution in [1.29, 1.82) is 0 Å². The van der Waals surface area contributed by atoms with Crippen LogP contribution in [-0.2, 0) is 26.4 Å². The van der Waals surface area contributed by atoms with E-state index in [1.165, 1.54) is 24.3 Å². The van der Waals surface area contributed by atoms with Crippen LogP contribution in [0.25, 0.3) is 0 Å². The van der Waals surface area contributed by atoms with Crippen molar-refractivity contribution < 1.29 is 26.3 Å². The van der Waals surface area contributed by atoms with Gasteiger partial charge in [0.1, 0.15) is 12.4 Å². The first-order valence-electron chi connectivity index (χ1n) is 8.77. The van der Waals surface area contributed by atoms with Crippen molar-refractivity contribution in [2.45, 2.75) is 25.3 Å². The highest BCUT2D eigenvalue weighted by Crippen LogP contribution is 2.18. The molecule has 2 rings (SSSR count). The van der Waals surface area contributed by atoms with E-state index in [1.54, 1.807) is 25.3 Å². The van der Waals surface area contributed by atoms with E-state index in [2.05, 4.69) is 9.71 Å². The van der Waals surface area contributed by atoms with Crippen LogP contribution in [0.3, 0.4) is 0 Å². The molecule has 154 valence electrons. The van der Waals surface area contributed by atoms with E-state index in [0.29, 0.717) is 23.8 Å². The molecule has 0 radical (unpaired) electrons. The monoisotopic (exact) mass is 428 g/mol. The number of ether oxygens (including phenoxy) is 2. The zero-order valence-corrected chi connectivity index (χ0v) is 17.4. The maximum absolute atomic E-state index is 12.5. The molecular formula is C18H24N2O6S2. The third-order valence-electron chi connectivity index (χ3n) is 3.82. The Kier molecular flexibility index (Phi) is 7.78. The molecule has 1 heterocycles. The van der Waals surface area contributed by atoms with Gasteiger partial charge in [-0.2, -0.15) is 0 Å². The number of rotatable bonds is 11. The Labute approximate surface area is 165 Å². The Hall–Kier alpha value is -2.17. The normalized spacial score (nSPS) is 11.9. The maximum Gasteiger partial charge on any atom is 0.240 e. The number of sulfonamides is 1. The van der Waals surface area contributed by atoms with Crippen LogP contribution in [0.1, 0.15) is 19.4 Å². The molecule has 0 aliphatic heterocycles. The first-order chi connectivity index (χ1) is 13.3. The Morgan fingerprint density at radius 2 is 1.71 bits per heavy atom. The van der Waals surface area contributed by atoms with Crippen molar-refractivity contribution >= 4 is 19.9 Å². The minimum absolute atomic E-state index is 0.0156. The lowest BCUT2D eigenvalue weighted by molar-refractivity contribution is 0.322. The van der Waals surface area contributed by atoms with Gasteiger partial charge in [-0.15, -0.1) is 0 Å². The SMILES string of the molecule is CCOc1ncccc1CNS(=O)(=O)c1ccc(OCCS(=O)(=O)CC)cc1. The summed E-state index contributed by atoms with van der Waals surface area (Å²) in [5.74, 6) is 0.758. The minimum atomic E-state index is -3.74. The summed E-state index contributed by atoms with van der Waals surface area (Å²) >= 11 is 0. The molecule has 28 heavy (non-hydrogen) atoms. The Balaban J connectivity index is 1.98. The predicted octanol–water partition coefficient (Wildman–Crippen LogP) is 1.77. The molecule has 8 nitrogen and oxygen atoms in total. The third kappa shape index (κ3) is 6.47. The Morgan fingerprint density at radius 3 is 2.36 bits per heavy atom. The zero-order valence-electron chi connectivity index (χ0n) is 15.8. The highest BCUT2D eigenvalue weighted by Gasteiger charge is 2.15. The van der Waals surface area contributed by atoms with E-state index in [1.807, 2.05) is 6.92 Å². The highest BCUT2D eigenvalue weighted by molar-refractivity contribution is 7.91. The summed E-state index contributed by atoms with van der Waals surface area (Å²) in [7, 11) is -6.85. The molecule has 10 heteroatoms. The largest absolute Gasteiger partial charge is 0.493 e. The van der Waals surface area contributed by atoms with Gasteiger partial charge in [0, 0.05) is 24.1 Å². The van der Waals surface area contributed by atoms with Crippen LogP contribution in [0.5, 0.6) is 11.6 Å². The molecule has 0 saturated carbocycles. The highest BCUT2D eigenvalue weighted by atomic mass is 32.2. The quantitative estimate of drug-likeness (QED) is 0.580. The summed E-state index contributed by atoms with van der Waals surface area (Å²) in [5, 5.41) is 0. The molecule has 0 bridgehead atoms. The third-order valence-corrected chi connectivity index (χ3v) is 6.91. The molecule has 1 aromatic carbocycles. The minimum Gasteiger partial charge on any atom is -0.493 e. The van der Waals surface area contributed by atoms with Crippen molar-refractivity contribution in [3.8, 4) is 11.6 Å². The molecule has 0 unspecified atom stereocenters. The van der Waals surface area contributed by atoms with Gasteiger partial charge in [0.15, 0.2) is 9.84 Å². The molecule has 0 atom stereocenters. The van der Waals surface area contributed by atoms with Crippen molar-refractivity contribution in [2.75, 3.05) is 24.7 Å². The van der Waals surface area contributed by atoms with E-state index < -0.39 is 19.9 Å². The van der Waals surface area contributed by atoms with Crippen molar-refractivity contribution in [2.24, 2.45) is 0 Å². The van der Waals surface area contributed by atoms with Gasteiger partial charge in [0.25, 0.3) is 0 Å². The van der Waals surface area contributed by atoms with Crippen molar-refractivity contribution in [3.63, 3.8) is 0 Å². The van der Waals surface area contributed by atoms with E-state index in [0.717, 1.165) is 0 Å². The lowest BCUT2D eigenvalue weighted by atomic mass is 10.3. The average Bonchev–Trinajstić information content (AvgIpc) is 2.68. The van der Waals surface area contributed by atoms with Gasteiger partial charge >= 0.3 is 0 Å². The number of hydrogen-bond donors (Lipinski definition) is 1. The number of hydrogen-bond acceptors (Lipinski definition) is 7. The van der Waals surface area contributed by atoms with Gasteiger partial charge in [0.2, 0.25) is 15.9 Å². The fourth-order valence-electron chi connectivity index (χ4n) is 2.23. The first kappa shape index (κ1) is 22.1. The van der Waals surface area contributed by atoms with Crippen LogP contribution >= 0.6 is 0 Å². The van der Waals surface area contributed by atoms with Crippen LogP contribution in [0.15, 0.2) is 47.5 Å². The average molecular weight is 429 g/mol. The Bertz CT molecular complexity index is 973. The van der Waals surface area contributed by atoms with Crippen LogP contribution in [-0.4, -0.2) is 46.5 Å². The number of sulfone groups is 1. The summed E-state index contributed by atoms with van der Waals surface area (Å²) in [6.45, 7) is 3.88. The molecule has 0 fully saturated rings. The molecule has 2 aromatic rings. The summed E-state index contributed by atoms with van der Waals surface area (Å²) < 4.78 is 61.1. The van der Waals surface area contributed by atoms with Crippen LogP contribution in [0.2, 0.25) is 0 Å². The number of pyridine rings is 1. The summed E-state index contributed by atoms with van der Waals surface area (Å²) in [4.78, 5) is 4.16. The second-order valence-electron chi connectivity index (χ2n) is 5.78. The smallest absolute Gasteiger partial charge is 0.240 e. The van der Waals surface area contributed by atoms with Crippen LogP contribution in [0, 0.1) is 0 Å². The molecular weight excluding hydrogens is 404 g/mol. The van der Waals surface area contributed by atoms with Crippen LogP contribution in [0.4, 0.5) is 0 Å². The number of aromatic nitrogens is 1. The van der Waals surface area contributed by atoms with Gasteiger partial charge < -0.3 is 9.47 Å². The molecule has 1 N–H and O–H groups in total. The number of benzene rings is 1. The molecule has 1 aromatic heterocycles. The fourth-order valence-corrected chi connectivity index (χ4v) is 3.86. The molecule has 0 saturated heterocycles. The van der Waals surface area contributed by atoms with Gasteiger partial charge in [-0.25, -0.2) is 26.5 Å². The van der Waals surface area contributed by atoms with E-state index in [-0.39, 0.29) is 29.6 Å². The van der Waals surface area contributed by atoms with Crippen molar-refractivity contribution in [3.05, 3.63) is 48.2 Å². The van der Waals surface area contributed by atoms with E-state index >= 15 is 0 Å². The second kappa shape index (κ2) is 9.85. The summed E-state index contributed by atoms with van der Waals surface area (Å²) in [5.41, 5.74) is 0.630. The van der Waals surface area contributed by atoms with Gasteiger partial charge in [-0.1, -0.05) is 13.0 Å². The lowest BCUT2D eigenvalue weighted by Crippen LogP contribution is -2.23. The van der Waals surface area contributed by atoms with Gasteiger partial charge in [0.05, 0.1) is 17.3 Å². The lowest BCUT2D eigenvalue weighted by Gasteiger charge is -2.11. The fraction of sp³-hybridized carbons (Fsp3) is 0.389. The van der Waals surface area contributed by atoms with E-state index in [9.17, 15) is 16.8 Å². The zero-order chi connectivity index (χ0) is 20.6. The molecule has 0 spiro atoms. The molecule has 0 aliphatic carbocycles. The number of nitrogens with zero attached hydrogens (tertiary/aromatic N) is 1. The van der Waals surface area contributed by atoms with E-state index in [4.69, 9.17) is 9.47 Å². The molecule has 0 amide bonds. The maximum atomic E-state index is 12.5.